The van der Waals surface area contributed by atoms with Crippen molar-refractivity contribution in [2.75, 3.05) is 6.61 Å². The molecule has 2 aliphatic rings. The number of piperidine rings is 2. The normalized spacial score (nSPS) is 25.6. The molecule has 0 radical (unpaired) electrons. The number of halogens is 1. The van der Waals surface area contributed by atoms with Crippen LogP contribution in [-0.4, -0.2) is 34.8 Å². The summed E-state index contributed by atoms with van der Waals surface area (Å²) in [5.41, 5.74) is 0.169. The van der Waals surface area contributed by atoms with Crippen LogP contribution in [0.15, 0.2) is 48.5 Å². The maximum Gasteiger partial charge on any atom is 0.410 e. The van der Waals surface area contributed by atoms with E-state index < -0.39 is 11.4 Å². The lowest BCUT2D eigenvalue weighted by atomic mass is 9.72. The van der Waals surface area contributed by atoms with E-state index in [1.807, 2.05) is 37.3 Å². The number of carbonyl (C=O) groups is 1. The maximum atomic E-state index is 14.0. The summed E-state index contributed by atoms with van der Waals surface area (Å²) in [4.78, 5) is 14.7. The first-order chi connectivity index (χ1) is 14.5. The fourth-order valence-electron chi connectivity index (χ4n) is 4.89. The van der Waals surface area contributed by atoms with E-state index in [9.17, 15) is 14.3 Å². The third-order valence-electron chi connectivity index (χ3n) is 6.17. The zero-order chi connectivity index (χ0) is 21.1. The molecule has 2 aliphatic heterocycles. The molecular formula is C24H28FNO4. The second-order valence-corrected chi connectivity index (χ2v) is 8.20. The molecule has 2 aromatic rings. The number of nitrogens with zero attached hydrogens (tertiary/aromatic N) is 1. The minimum atomic E-state index is -1.24. The molecule has 0 saturated carbocycles. The molecule has 2 atom stereocenters. The summed E-state index contributed by atoms with van der Waals surface area (Å²) in [6.45, 7) is 2.51. The number of aliphatic hydroxyl groups is 1. The SMILES string of the molecule is CCOc1ccc(F)cc1C1(O)CC2CCCC(C1)N2C(=O)OCc1ccccc1. The van der Waals surface area contributed by atoms with E-state index in [1.165, 1.54) is 12.1 Å². The highest BCUT2D eigenvalue weighted by Gasteiger charge is 2.49. The van der Waals surface area contributed by atoms with Crippen molar-refractivity contribution in [2.24, 2.45) is 0 Å². The molecule has 1 N–H and O–H groups in total. The summed E-state index contributed by atoms with van der Waals surface area (Å²) in [6.07, 6.45) is 2.91. The van der Waals surface area contributed by atoms with Gasteiger partial charge in [0.15, 0.2) is 0 Å². The van der Waals surface area contributed by atoms with Gasteiger partial charge in [-0.05, 0) is 49.9 Å². The van der Waals surface area contributed by atoms with E-state index >= 15 is 0 Å². The van der Waals surface area contributed by atoms with Crippen LogP contribution in [0.2, 0.25) is 0 Å². The molecule has 2 heterocycles. The van der Waals surface area contributed by atoms with E-state index in [1.54, 1.807) is 11.0 Å². The molecule has 2 fully saturated rings. The van der Waals surface area contributed by atoms with Gasteiger partial charge in [0, 0.05) is 30.5 Å². The van der Waals surface area contributed by atoms with Crippen LogP contribution in [-0.2, 0) is 16.9 Å². The molecule has 160 valence electrons. The Kier molecular flexibility index (Phi) is 5.95. The minimum Gasteiger partial charge on any atom is -0.493 e. The Morgan fingerprint density at radius 1 is 1.17 bits per heavy atom. The van der Waals surface area contributed by atoms with Gasteiger partial charge < -0.3 is 19.5 Å². The summed E-state index contributed by atoms with van der Waals surface area (Å²) in [5.74, 6) is 0.0938. The van der Waals surface area contributed by atoms with Crippen LogP contribution < -0.4 is 4.74 Å². The first kappa shape index (κ1) is 20.7. The Morgan fingerprint density at radius 2 is 1.87 bits per heavy atom. The van der Waals surface area contributed by atoms with Gasteiger partial charge in [-0.3, -0.25) is 0 Å². The minimum absolute atomic E-state index is 0.150. The highest BCUT2D eigenvalue weighted by molar-refractivity contribution is 5.69. The van der Waals surface area contributed by atoms with Crippen molar-refractivity contribution in [1.82, 2.24) is 4.90 Å². The van der Waals surface area contributed by atoms with Crippen LogP contribution >= 0.6 is 0 Å². The van der Waals surface area contributed by atoms with Crippen molar-refractivity contribution in [2.45, 2.75) is 63.3 Å². The Labute approximate surface area is 176 Å². The lowest BCUT2D eigenvalue weighted by molar-refractivity contribution is -0.0906. The fraction of sp³-hybridized carbons (Fsp3) is 0.458. The van der Waals surface area contributed by atoms with E-state index in [0.717, 1.165) is 24.8 Å². The molecule has 4 rings (SSSR count). The highest BCUT2D eigenvalue weighted by Crippen LogP contribution is 2.47. The highest BCUT2D eigenvalue weighted by atomic mass is 19.1. The van der Waals surface area contributed by atoms with Crippen LogP contribution in [0.1, 0.15) is 50.2 Å². The third kappa shape index (κ3) is 4.15. The van der Waals surface area contributed by atoms with E-state index in [0.29, 0.717) is 30.8 Å². The predicted molar refractivity (Wildman–Crippen MR) is 111 cm³/mol. The molecule has 6 heteroatoms. The van der Waals surface area contributed by atoms with Crippen molar-refractivity contribution < 1.29 is 23.8 Å². The monoisotopic (exact) mass is 413 g/mol. The van der Waals surface area contributed by atoms with Crippen LogP contribution in [0.3, 0.4) is 0 Å². The van der Waals surface area contributed by atoms with Gasteiger partial charge in [-0.1, -0.05) is 30.3 Å². The van der Waals surface area contributed by atoms with Crippen LogP contribution in [0.4, 0.5) is 9.18 Å². The zero-order valence-electron chi connectivity index (χ0n) is 17.2. The fourth-order valence-corrected chi connectivity index (χ4v) is 4.89. The quantitative estimate of drug-likeness (QED) is 0.767. The lowest BCUT2D eigenvalue weighted by Crippen LogP contribution is -2.59. The molecule has 5 nitrogen and oxygen atoms in total. The molecule has 2 bridgehead atoms. The van der Waals surface area contributed by atoms with Crippen molar-refractivity contribution in [1.29, 1.82) is 0 Å². The topological polar surface area (TPSA) is 59.0 Å². The second kappa shape index (κ2) is 8.64. The smallest absolute Gasteiger partial charge is 0.410 e. The molecular weight excluding hydrogens is 385 g/mol. The average molecular weight is 413 g/mol. The molecule has 30 heavy (non-hydrogen) atoms. The molecule has 1 amide bonds. The Bertz CT molecular complexity index is 874. The van der Waals surface area contributed by atoms with Gasteiger partial charge in [0.2, 0.25) is 0 Å². The molecule has 0 aliphatic carbocycles. The number of amides is 1. The van der Waals surface area contributed by atoms with Crippen molar-refractivity contribution in [3.05, 3.63) is 65.5 Å². The number of fused-ring (bicyclic) bond motifs is 2. The van der Waals surface area contributed by atoms with Crippen LogP contribution in [0.5, 0.6) is 5.75 Å². The first-order valence-electron chi connectivity index (χ1n) is 10.6. The van der Waals surface area contributed by atoms with Gasteiger partial charge in [0.1, 0.15) is 18.2 Å². The molecule has 2 saturated heterocycles. The number of rotatable bonds is 5. The largest absolute Gasteiger partial charge is 0.493 e. The van der Waals surface area contributed by atoms with Gasteiger partial charge in [-0.2, -0.15) is 0 Å². The number of hydrogen-bond donors (Lipinski definition) is 1. The van der Waals surface area contributed by atoms with Crippen molar-refractivity contribution in [3.8, 4) is 5.75 Å². The lowest BCUT2D eigenvalue weighted by Gasteiger charge is -2.51. The number of hydrogen-bond acceptors (Lipinski definition) is 4. The van der Waals surface area contributed by atoms with Gasteiger partial charge in [0.05, 0.1) is 12.2 Å². The third-order valence-corrected chi connectivity index (χ3v) is 6.17. The molecule has 2 aromatic carbocycles. The standard InChI is InChI=1S/C24H28FNO4/c1-2-29-22-12-11-18(25)13-21(22)24(28)14-19-9-6-10-20(15-24)26(19)23(27)30-16-17-7-4-3-5-8-17/h3-5,7-8,11-13,19-20,28H,2,6,9-10,14-16H2,1H3. The predicted octanol–water partition coefficient (Wildman–Crippen LogP) is 4.77. The van der Waals surface area contributed by atoms with Gasteiger partial charge in [-0.25, -0.2) is 9.18 Å². The van der Waals surface area contributed by atoms with E-state index in [2.05, 4.69) is 0 Å². The van der Waals surface area contributed by atoms with Crippen molar-refractivity contribution >= 4 is 6.09 Å². The Morgan fingerprint density at radius 3 is 2.53 bits per heavy atom. The average Bonchev–Trinajstić information content (AvgIpc) is 2.73. The zero-order valence-corrected chi connectivity index (χ0v) is 17.2. The molecule has 0 spiro atoms. The Balaban J connectivity index is 1.53. The summed E-state index contributed by atoms with van der Waals surface area (Å²) >= 11 is 0. The molecule has 0 aromatic heterocycles. The van der Waals surface area contributed by atoms with E-state index in [4.69, 9.17) is 9.47 Å². The van der Waals surface area contributed by atoms with Gasteiger partial charge >= 0.3 is 6.09 Å². The number of carbonyl (C=O) groups excluding carboxylic acids is 1. The second-order valence-electron chi connectivity index (χ2n) is 8.20. The summed E-state index contributed by atoms with van der Waals surface area (Å²) in [5, 5.41) is 11.6. The first-order valence-corrected chi connectivity index (χ1v) is 10.6. The van der Waals surface area contributed by atoms with E-state index in [-0.39, 0.29) is 24.8 Å². The van der Waals surface area contributed by atoms with Crippen molar-refractivity contribution in [3.63, 3.8) is 0 Å². The summed E-state index contributed by atoms with van der Waals surface area (Å²) in [6, 6.07) is 13.6. The summed E-state index contributed by atoms with van der Waals surface area (Å²) in [7, 11) is 0. The maximum absolute atomic E-state index is 14.0. The van der Waals surface area contributed by atoms with Crippen LogP contribution in [0, 0.1) is 5.82 Å². The molecule has 2 unspecified atom stereocenters. The number of benzene rings is 2. The number of ether oxygens (including phenoxy) is 2. The Hall–Kier alpha value is -2.60. The van der Waals surface area contributed by atoms with Gasteiger partial charge in [0.25, 0.3) is 0 Å². The summed E-state index contributed by atoms with van der Waals surface area (Å²) < 4.78 is 25.3. The van der Waals surface area contributed by atoms with Crippen LogP contribution in [0.25, 0.3) is 0 Å². The van der Waals surface area contributed by atoms with Gasteiger partial charge in [-0.15, -0.1) is 0 Å².